The number of fused-ring (bicyclic) bond motifs is 2. The van der Waals surface area contributed by atoms with Crippen LogP contribution in [-0.2, 0) is 14.3 Å². The van der Waals surface area contributed by atoms with Gasteiger partial charge < -0.3 is 45.4 Å². The fourth-order valence-electron chi connectivity index (χ4n) is 6.33. The highest BCUT2D eigenvalue weighted by molar-refractivity contribution is 6.05. The van der Waals surface area contributed by atoms with Crippen molar-refractivity contribution in [1.29, 1.82) is 0 Å². The lowest BCUT2D eigenvalue weighted by molar-refractivity contribution is -0.127. The van der Waals surface area contributed by atoms with Gasteiger partial charge in [0.1, 0.15) is 22.7 Å². The number of piperidine rings is 1. The van der Waals surface area contributed by atoms with E-state index in [0.717, 1.165) is 6.92 Å². The van der Waals surface area contributed by atoms with Crippen LogP contribution >= 0.6 is 0 Å². The summed E-state index contributed by atoms with van der Waals surface area (Å²) >= 11 is 0. The maximum Gasteiger partial charge on any atom is 0.262 e. The van der Waals surface area contributed by atoms with Gasteiger partial charge in [0.25, 0.3) is 17.7 Å². The van der Waals surface area contributed by atoms with E-state index >= 15 is 0 Å². The summed E-state index contributed by atoms with van der Waals surface area (Å²) < 4.78 is 31.1. The van der Waals surface area contributed by atoms with E-state index in [1.807, 2.05) is 13.8 Å². The van der Waals surface area contributed by atoms with E-state index in [2.05, 4.69) is 63.9 Å². The largest absolute Gasteiger partial charge is 0.383 e. The third kappa shape index (κ3) is 10.2. The summed E-state index contributed by atoms with van der Waals surface area (Å²) in [7, 11) is 1.59. The van der Waals surface area contributed by atoms with Gasteiger partial charge >= 0.3 is 0 Å². The molecule has 2 saturated heterocycles. The van der Waals surface area contributed by atoms with Crippen LogP contribution in [0.2, 0.25) is 0 Å². The summed E-state index contributed by atoms with van der Waals surface area (Å²) in [4.78, 5) is 77.3. The highest BCUT2D eigenvalue weighted by Gasteiger charge is 2.32. The van der Waals surface area contributed by atoms with Crippen LogP contribution in [0.15, 0.2) is 50.1 Å². The number of aromatic amines is 2. The molecule has 300 valence electrons. The smallest absolute Gasteiger partial charge is 0.262 e. The van der Waals surface area contributed by atoms with E-state index < -0.39 is 18.4 Å². The molecular formula is C37H48F2N12O5. The summed E-state index contributed by atoms with van der Waals surface area (Å²) in [5, 5.41) is 8.42. The molecule has 4 aromatic rings. The van der Waals surface area contributed by atoms with E-state index in [1.54, 1.807) is 35.5 Å². The monoisotopic (exact) mass is 778 g/mol. The van der Waals surface area contributed by atoms with Gasteiger partial charge in [-0.25, -0.2) is 28.7 Å². The zero-order chi connectivity index (χ0) is 40.6. The van der Waals surface area contributed by atoms with Crippen molar-refractivity contribution in [3.8, 4) is 0 Å². The lowest BCUT2D eigenvalue weighted by atomic mass is 9.89. The van der Waals surface area contributed by atoms with Crippen molar-refractivity contribution in [1.82, 2.24) is 50.3 Å². The second-order valence-corrected chi connectivity index (χ2v) is 14.1. The molecule has 2 aliphatic rings. The molecule has 0 aliphatic carbocycles. The Hall–Kier alpha value is -5.98. The summed E-state index contributed by atoms with van der Waals surface area (Å²) in [6.07, 6.45) is 10.3. The molecule has 1 atom stereocenters. The zero-order valence-electron chi connectivity index (χ0n) is 32.0. The number of nitrogens with zero attached hydrogens (tertiary/aromatic N) is 7. The molecule has 2 fully saturated rings. The summed E-state index contributed by atoms with van der Waals surface area (Å²) in [5.74, 6) is -2.87. The van der Waals surface area contributed by atoms with Gasteiger partial charge in [0.2, 0.25) is 11.8 Å². The molecule has 56 heavy (non-hydrogen) atoms. The van der Waals surface area contributed by atoms with Crippen LogP contribution in [0.4, 0.5) is 20.4 Å². The lowest BCUT2D eigenvalue weighted by Crippen LogP contribution is -2.48. The van der Waals surface area contributed by atoms with Crippen LogP contribution < -0.4 is 20.9 Å². The first-order valence-corrected chi connectivity index (χ1v) is 18.1. The van der Waals surface area contributed by atoms with Crippen molar-refractivity contribution in [2.45, 2.75) is 51.1 Å². The third-order valence-electron chi connectivity index (χ3n) is 9.46. The number of amides is 4. The van der Waals surface area contributed by atoms with Gasteiger partial charge in [0.05, 0.1) is 36.7 Å². The molecule has 6 heterocycles. The van der Waals surface area contributed by atoms with E-state index in [9.17, 15) is 28.0 Å². The molecule has 6 rings (SSSR count). The number of anilines is 2. The number of alkyl halides is 2. The minimum atomic E-state index is -3.00. The predicted octanol–water partition coefficient (Wildman–Crippen LogP) is 2.88. The van der Waals surface area contributed by atoms with Crippen LogP contribution in [-0.4, -0.2) is 140 Å². The Morgan fingerprint density at radius 1 is 0.911 bits per heavy atom. The van der Waals surface area contributed by atoms with Crippen molar-refractivity contribution in [3.05, 3.63) is 61.2 Å². The van der Waals surface area contributed by atoms with E-state index in [1.165, 1.54) is 18.3 Å². The van der Waals surface area contributed by atoms with Gasteiger partial charge in [-0.2, -0.15) is 0 Å². The van der Waals surface area contributed by atoms with Gasteiger partial charge in [0, 0.05) is 77.3 Å². The first kappa shape index (κ1) is 41.2. The second-order valence-electron chi connectivity index (χ2n) is 14.1. The number of nitrogens with one attached hydrogen (secondary N) is 5. The minimum Gasteiger partial charge on any atom is -0.383 e. The molecule has 2 aliphatic heterocycles. The molecule has 17 nitrogen and oxygen atoms in total. The minimum absolute atomic E-state index is 0.0639. The van der Waals surface area contributed by atoms with Crippen molar-refractivity contribution in [2.24, 2.45) is 0 Å². The first-order valence-electron chi connectivity index (χ1n) is 18.1. The normalized spacial score (nSPS) is 16.1. The number of aromatic nitrogens is 6. The zero-order valence-corrected chi connectivity index (χ0v) is 32.0. The summed E-state index contributed by atoms with van der Waals surface area (Å²) in [5.41, 5.74) is 2.07. The first-order chi connectivity index (χ1) is 26.6. The fourth-order valence-corrected chi connectivity index (χ4v) is 6.33. The number of rotatable bonds is 12. The number of hydrogen-bond acceptors (Lipinski definition) is 11. The molecule has 0 saturated carbocycles. The van der Waals surface area contributed by atoms with Gasteiger partial charge in [0.15, 0.2) is 11.3 Å². The molecule has 0 aromatic carbocycles. The van der Waals surface area contributed by atoms with E-state index in [4.69, 9.17) is 4.74 Å². The number of methoxy groups -OCH3 is 1. The van der Waals surface area contributed by atoms with Gasteiger partial charge in [-0.05, 0) is 38.8 Å². The van der Waals surface area contributed by atoms with Crippen LogP contribution in [0.5, 0.6) is 0 Å². The molecule has 0 spiro atoms. The van der Waals surface area contributed by atoms with Gasteiger partial charge in [-0.1, -0.05) is 13.2 Å². The number of carbonyl (C=O) groups is 4. The van der Waals surface area contributed by atoms with Crippen LogP contribution in [0.3, 0.4) is 0 Å². The molecular weight excluding hydrogens is 730 g/mol. The second kappa shape index (κ2) is 17.7. The average Bonchev–Trinajstić information content (AvgIpc) is 3.81. The molecule has 4 aromatic heterocycles. The standard InChI is InChI=1S/C19H24F2N6O2.C18H24N6O3/c1-4-14(28)27-7-5-18(2,6-8-27)26-13-10-23-16-15(25-13)12(9-22-16)17(29)24-11-19(3,20)21;1-4-15(25)24-7-5-23(6-8-24)14-10-20-17-16(22-14)13(9-19-17)18(26)21-12(2)11-27-3/h4,9-10H,1,5-8,11H2,2-3H3,(H,22,23)(H,24,29)(H,25,26);4,9-10,12H,1,5-8,11H2,2-3H3,(H,19,20)(H,21,26)/t;12-/m.0/s1. The number of halogens is 2. The molecule has 19 heteroatoms. The molecule has 0 unspecified atom stereocenters. The lowest BCUT2D eigenvalue weighted by Gasteiger charge is -2.39. The maximum absolute atomic E-state index is 13.0. The third-order valence-corrected chi connectivity index (χ3v) is 9.46. The topological polar surface area (TPSA) is 206 Å². The van der Waals surface area contributed by atoms with Crippen molar-refractivity contribution < 1.29 is 32.7 Å². The Morgan fingerprint density at radius 3 is 2.04 bits per heavy atom. The Kier molecular flexibility index (Phi) is 13.0. The molecule has 0 bridgehead atoms. The predicted molar refractivity (Wildman–Crippen MR) is 207 cm³/mol. The van der Waals surface area contributed by atoms with E-state index in [0.29, 0.717) is 98.2 Å². The molecule has 5 N–H and O–H groups in total. The van der Waals surface area contributed by atoms with Crippen molar-refractivity contribution >= 4 is 57.6 Å². The number of likely N-dealkylation sites (tertiary alicyclic amines) is 1. The van der Waals surface area contributed by atoms with E-state index in [-0.39, 0.29) is 34.9 Å². The van der Waals surface area contributed by atoms with Gasteiger partial charge in [-0.15, -0.1) is 0 Å². The van der Waals surface area contributed by atoms with Crippen LogP contribution in [0, 0.1) is 0 Å². The van der Waals surface area contributed by atoms with Crippen LogP contribution in [0.1, 0.15) is 54.3 Å². The maximum atomic E-state index is 13.0. The molecule has 4 amide bonds. The Morgan fingerprint density at radius 2 is 1.46 bits per heavy atom. The number of hydrogen-bond donors (Lipinski definition) is 5. The van der Waals surface area contributed by atoms with Crippen molar-refractivity contribution in [3.63, 3.8) is 0 Å². The highest BCUT2D eigenvalue weighted by Crippen LogP contribution is 2.27. The summed E-state index contributed by atoms with van der Waals surface area (Å²) in [6.45, 7) is 15.0. The van der Waals surface area contributed by atoms with Gasteiger partial charge in [-0.3, -0.25) is 19.2 Å². The molecule has 0 radical (unpaired) electrons. The number of piperazine rings is 1. The van der Waals surface area contributed by atoms with Crippen molar-refractivity contribution in [2.75, 3.05) is 69.7 Å². The number of H-pyrrole nitrogens is 2. The number of carbonyl (C=O) groups excluding carboxylic acids is 4. The highest BCUT2D eigenvalue weighted by atomic mass is 19.3. The number of ether oxygens (including phenoxy) is 1. The quantitative estimate of drug-likeness (QED) is 0.132. The average molecular weight is 779 g/mol. The Bertz CT molecular complexity index is 2060. The summed E-state index contributed by atoms with van der Waals surface area (Å²) in [6, 6.07) is -0.112. The Balaban J connectivity index is 0.000000215. The Labute approximate surface area is 322 Å². The fraction of sp³-hybridized carbons (Fsp3) is 0.459. The SMILES string of the molecule is C=CC(=O)N1CCC(C)(Nc2cnc3[nH]cc(C(=O)NCC(C)(F)F)c3n2)CC1.C=CC(=O)N1CCN(c2cnc3[nH]cc(C(=O)N[C@@H](C)COC)c3n2)CC1. The van der Waals surface area contributed by atoms with Crippen LogP contribution in [0.25, 0.3) is 22.3 Å².